The Morgan fingerprint density at radius 1 is 1.35 bits per heavy atom. The predicted molar refractivity (Wildman–Crippen MR) is 105 cm³/mol. The van der Waals surface area contributed by atoms with Crippen molar-refractivity contribution in [2.45, 2.75) is 32.7 Å². The van der Waals surface area contributed by atoms with Crippen LogP contribution in [-0.2, 0) is 4.74 Å². The minimum absolute atomic E-state index is 0.197. The molecule has 7 heteroatoms. The molecule has 0 amide bonds. The maximum Gasteiger partial charge on any atom is 0.146 e. The summed E-state index contributed by atoms with van der Waals surface area (Å²) in [5, 5.41) is 10.8. The third kappa shape index (κ3) is 5.16. The van der Waals surface area contributed by atoms with Gasteiger partial charge in [0, 0.05) is 31.7 Å². The monoisotopic (exact) mass is 357 g/mol. The molecule has 7 nitrogen and oxygen atoms in total. The Balaban J connectivity index is 0.000000417. The second-order valence-electron chi connectivity index (χ2n) is 6.17. The topological polar surface area (TPSA) is 106 Å². The molecule has 0 aromatic carbocycles. The van der Waals surface area contributed by atoms with Crippen molar-refractivity contribution in [2.75, 3.05) is 31.4 Å². The van der Waals surface area contributed by atoms with Crippen molar-refractivity contribution in [3.8, 4) is 17.1 Å². The molecule has 0 radical (unpaired) electrons. The van der Waals surface area contributed by atoms with E-state index < -0.39 is 0 Å². The van der Waals surface area contributed by atoms with Crippen molar-refractivity contribution in [3.63, 3.8) is 0 Å². The molecule has 0 atom stereocenters. The first kappa shape index (κ1) is 19.7. The maximum atomic E-state index is 7.55. The first-order valence-electron chi connectivity index (χ1n) is 8.71. The average Bonchev–Trinajstić information content (AvgIpc) is 3.23. The number of anilines is 2. The number of pyridine rings is 2. The summed E-state index contributed by atoms with van der Waals surface area (Å²) in [6.07, 6.45) is 5.40. The van der Waals surface area contributed by atoms with Crippen molar-refractivity contribution in [1.82, 2.24) is 9.97 Å². The highest BCUT2D eigenvalue weighted by molar-refractivity contribution is 5.90. The summed E-state index contributed by atoms with van der Waals surface area (Å²) in [5.41, 5.74) is 8.96. The summed E-state index contributed by atoms with van der Waals surface area (Å²) in [6.45, 7) is 6.01. The van der Waals surface area contributed by atoms with Gasteiger partial charge in [0.2, 0.25) is 0 Å². The largest absolute Gasteiger partial charge is 0.494 e. The third-order valence-corrected chi connectivity index (χ3v) is 3.71. The summed E-state index contributed by atoms with van der Waals surface area (Å²) in [4.78, 5) is 8.74. The van der Waals surface area contributed by atoms with Gasteiger partial charge in [-0.3, -0.25) is 4.98 Å². The van der Waals surface area contributed by atoms with Gasteiger partial charge in [-0.05, 0) is 44.9 Å². The molecule has 1 aliphatic rings. The number of hydrogen-bond acceptors (Lipinski definition) is 7. The summed E-state index contributed by atoms with van der Waals surface area (Å²) in [6, 6.07) is 5.54. The Morgan fingerprint density at radius 2 is 2.08 bits per heavy atom. The smallest absolute Gasteiger partial charge is 0.146 e. The van der Waals surface area contributed by atoms with Crippen molar-refractivity contribution in [1.29, 1.82) is 5.41 Å². The van der Waals surface area contributed by atoms with Crippen LogP contribution >= 0.6 is 0 Å². The molecular weight excluding hydrogens is 330 g/mol. The minimum atomic E-state index is 0.197. The summed E-state index contributed by atoms with van der Waals surface area (Å²) in [7, 11) is 1.58. The number of nitrogens with two attached hydrogens (primary N) is 1. The van der Waals surface area contributed by atoms with Crippen LogP contribution in [0.4, 0.5) is 11.4 Å². The van der Waals surface area contributed by atoms with Crippen LogP contribution in [0.1, 0.15) is 32.4 Å². The number of nitrogens with zero attached hydrogens (tertiary/aromatic N) is 2. The Labute approximate surface area is 154 Å². The zero-order valence-corrected chi connectivity index (χ0v) is 15.6. The molecule has 2 aromatic rings. The lowest BCUT2D eigenvalue weighted by atomic mass is 10.1. The lowest BCUT2D eigenvalue weighted by Crippen LogP contribution is -2.14. The van der Waals surface area contributed by atoms with Crippen LogP contribution < -0.4 is 15.8 Å². The minimum Gasteiger partial charge on any atom is -0.494 e. The van der Waals surface area contributed by atoms with E-state index in [1.54, 1.807) is 25.4 Å². The van der Waals surface area contributed by atoms with Gasteiger partial charge >= 0.3 is 0 Å². The molecule has 0 saturated carbocycles. The number of nitrogens with one attached hydrogen (secondary N) is 2. The van der Waals surface area contributed by atoms with Gasteiger partial charge in [0.15, 0.2) is 0 Å². The normalized spacial score (nSPS) is 13.1. The summed E-state index contributed by atoms with van der Waals surface area (Å²) in [5.74, 6) is 0.616. The number of hydrogen-bond donors (Lipinski definition) is 3. The van der Waals surface area contributed by atoms with Crippen LogP contribution in [0.2, 0.25) is 0 Å². The number of ether oxygens (including phenoxy) is 2. The summed E-state index contributed by atoms with van der Waals surface area (Å²) < 4.78 is 10.2. The molecule has 140 valence electrons. The molecule has 4 N–H and O–H groups in total. The van der Waals surface area contributed by atoms with Gasteiger partial charge in [0.25, 0.3) is 0 Å². The van der Waals surface area contributed by atoms with Crippen molar-refractivity contribution in [2.24, 2.45) is 0 Å². The van der Waals surface area contributed by atoms with Crippen LogP contribution in [0.15, 0.2) is 24.4 Å². The number of methoxy groups -OCH3 is 1. The number of nitrogen functional groups attached to an aromatic ring is 1. The van der Waals surface area contributed by atoms with E-state index in [1.165, 1.54) is 19.1 Å². The molecule has 0 unspecified atom stereocenters. The standard InChI is InChI=1S/C15H19N5O.C4H8O/c1-9(2)19-14-10(17)7-11(20-12(14)8-16)15-13(21-3)5-4-6-18-15;1-2-4-5-3-1/h4-9,16,19H,1-3H3,(H2,17,20);1-4H2. The van der Waals surface area contributed by atoms with Gasteiger partial charge in [-0.1, -0.05) is 0 Å². The van der Waals surface area contributed by atoms with Crippen LogP contribution in [0, 0.1) is 5.41 Å². The Morgan fingerprint density at radius 3 is 2.62 bits per heavy atom. The highest BCUT2D eigenvalue weighted by Gasteiger charge is 2.14. The lowest BCUT2D eigenvalue weighted by molar-refractivity contribution is 0.198. The second kappa shape index (κ2) is 9.72. The van der Waals surface area contributed by atoms with Gasteiger partial charge < -0.3 is 25.9 Å². The van der Waals surface area contributed by atoms with Crippen LogP contribution in [0.3, 0.4) is 0 Å². The Hall–Kier alpha value is -2.67. The lowest BCUT2D eigenvalue weighted by Gasteiger charge is -2.16. The Bertz CT molecular complexity index is 722. The van der Waals surface area contributed by atoms with Crippen molar-refractivity contribution in [3.05, 3.63) is 30.1 Å². The third-order valence-electron chi connectivity index (χ3n) is 3.71. The fourth-order valence-electron chi connectivity index (χ4n) is 2.51. The first-order valence-corrected chi connectivity index (χ1v) is 8.71. The molecule has 26 heavy (non-hydrogen) atoms. The van der Waals surface area contributed by atoms with Crippen molar-refractivity contribution >= 4 is 17.6 Å². The quantitative estimate of drug-likeness (QED) is 0.709. The van der Waals surface area contributed by atoms with Crippen molar-refractivity contribution < 1.29 is 9.47 Å². The van der Waals surface area contributed by atoms with E-state index in [9.17, 15) is 0 Å². The fourth-order valence-corrected chi connectivity index (χ4v) is 2.51. The number of aromatic nitrogens is 2. The highest BCUT2D eigenvalue weighted by Crippen LogP contribution is 2.31. The molecular formula is C19H27N5O2. The fraction of sp³-hybridized carbons (Fsp3) is 0.421. The van der Waals surface area contributed by atoms with E-state index >= 15 is 0 Å². The van der Waals surface area contributed by atoms with Gasteiger partial charge in [-0.2, -0.15) is 0 Å². The molecule has 3 rings (SSSR count). The van der Waals surface area contributed by atoms with E-state index in [1.807, 2.05) is 19.9 Å². The van der Waals surface area contributed by atoms with Crippen LogP contribution in [-0.4, -0.2) is 42.5 Å². The van der Waals surface area contributed by atoms with Gasteiger partial charge in [-0.15, -0.1) is 0 Å². The molecule has 3 heterocycles. The zero-order chi connectivity index (χ0) is 18.9. The van der Waals surface area contributed by atoms with E-state index in [0.717, 1.165) is 13.2 Å². The molecule has 1 fully saturated rings. The van der Waals surface area contributed by atoms with E-state index in [2.05, 4.69) is 15.3 Å². The average molecular weight is 357 g/mol. The molecule has 2 aromatic heterocycles. The maximum absolute atomic E-state index is 7.55. The molecule has 0 spiro atoms. The molecule has 1 aliphatic heterocycles. The van der Waals surface area contributed by atoms with Gasteiger partial charge in [0.05, 0.1) is 24.2 Å². The first-order chi connectivity index (χ1) is 12.6. The van der Waals surface area contributed by atoms with Crippen LogP contribution in [0.5, 0.6) is 5.75 Å². The number of rotatable bonds is 5. The molecule has 1 saturated heterocycles. The second-order valence-corrected chi connectivity index (χ2v) is 6.17. The highest BCUT2D eigenvalue weighted by atomic mass is 16.5. The Kier molecular flexibility index (Phi) is 7.35. The van der Waals surface area contributed by atoms with Gasteiger partial charge in [-0.25, -0.2) is 4.98 Å². The van der Waals surface area contributed by atoms with E-state index in [0.29, 0.717) is 34.2 Å². The zero-order valence-electron chi connectivity index (χ0n) is 15.6. The SMILES string of the molecule is C1CCOC1.COc1cccnc1-c1cc(N)c(NC(C)C)c(C=N)n1. The van der Waals surface area contributed by atoms with Gasteiger partial charge in [0.1, 0.15) is 17.1 Å². The van der Waals surface area contributed by atoms with E-state index in [4.69, 9.17) is 20.6 Å². The summed E-state index contributed by atoms with van der Waals surface area (Å²) >= 11 is 0. The molecule has 0 bridgehead atoms. The predicted octanol–water partition coefficient (Wildman–Crippen LogP) is 3.35. The van der Waals surface area contributed by atoms with E-state index in [-0.39, 0.29) is 6.04 Å². The van der Waals surface area contributed by atoms with Crippen LogP contribution in [0.25, 0.3) is 11.4 Å². The molecule has 0 aliphatic carbocycles.